The highest BCUT2D eigenvalue weighted by atomic mass is 31.2. The molecule has 2 N–H and O–H groups in total. The molecular weight excluding hydrogens is 864 g/mol. The second kappa shape index (κ2) is 50.4. The van der Waals surface area contributed by atoms with E-state index in [0.29, 0.717) is 17.4 Å². The van der Waals surface area contributed by atoms with E-state index in [1.165, 1.54) is 186 Å². The molecule has 0 aliphatic carbocycles. The maximum atomic E-state index is 12.9. The SMILES string of the molecule is CCCCC/C=C\C/C=C\C/C=C\CCCCCCCCC(=O)NC(COP(=O)([O-])OCC[N+](C)(C)C)C(O)/C=C/CCCCCCCCCCCCCCCCCCCCCCCCCCC. The highest BCUT2D eigenvalue weighted by Crippen LogP contribution is 2.38. The highest BCUT2D eigenvalue weighted by Gasteiger charge is 2.23. The van der Waals surface area contributed by atoms with Crippen LogP contribution in [0.4, 0.5) is 0 Å². The summed E-state index contributed by atoms with van der Waals surface area (Å²) in [5.74, 6) is -0.208. The second-order valence-electron chi connectivity index (χ2n) is 21.0. The topological polar surface area (TPSA) is 108 Å². The number of carbonyl (C=O) groups excluding carboxylic acids is 1. The third-order valence-electron chi connectivity index (χ3n) is 13.0. The van der Waals surface area contributed by atoms with Gasteiger partial charge in [0.2, 0.25) is 5.91 Å². The van der Waals surface area contributed by atoms with E-state index < -0.39 is 20.0 Å². The van der Waals surface area contributed by atoms with Gasteiger partial charge in [-0.15, -0.1) is 0 Å². The summed E-state index contributed by atoms with van der Waals surface area (Å²) in [6.07, 6.45) is 66.1. The first kappa shape index (κ1) is 66.5. The first-order chi connectivity index (χ1) is 33.0. The van der Waals surface area contributed by atoms with Gasteiger partial charge in [0.25, 0.3) is 7.82 Å². The van der Waals surface area contributed by atoms with Crippen molar-refractivity contribution in [2.45, 2.75) is 283 Å². The molecule has 3 atom stereocenters. The number of aliphatic hydroxyl groups excluding tert-OH is 1. The van der Waals surface area contributed by atoms with Gasteiger partial charge in [0, 0.05) is 6.42 Å². The van der Waals surface area contributed by atoms with Crippen molar-refractivity contribution >= 4 is 13.7 Å². The van der Waals surface area contributed by atoms with E-state index in [9.17, 15) is 19.4 Å². The van der Waals surface area contributed by atoms with Crippen molar-refractivity contribution < 1.29 is 32.9 Å². The molecule has 0 saturated heterocycles. The molecule has 0 saturated carbocycles. The molecule has 0 aromatic heterocycles. The molecular formula is C59H113N2O6P. The number of likely N-dealkylation sites (N-methyl/N-ethyl adjacent to an activating group) is 1. The average molecular weight is 978 g/mol. The van der Waals surface area contributed by atoms with Crippen LogP contribution >= 0.6 is 7.82 Å². The minimum absolute atomic E-state index is 0.00472. The number of rotatable bonds is 53. The highest BCUT2D eigenvalue weighted by molar-refractivity contribution is 7.45. The molecule has 0 spiro atoms. The molecule has 0 fully saturated rings. The van der Waals surface area contributed by atoms with Gasteiger partial charge in [-0.05, 0) is 57.8 Å². The lowest BCUT2D eigenvalue weighted by Gasteiger charge is -2.29. The molecule has 0 bridgehead atoms. The van der Waals surface area contributed by atoms with E-state index in [1.807, 2.05) is 27.2 Å². The molecule has 0 rings (SSSR count). The molecule has 9 heteroatoms. The molecule has 3 unspecified atom stereocenters. The van der Waals surface area contributed by atoms with Crippen LogP contribution in [0.2, 0.25) is 0 Å². The minimum Gasteiger partial charge on any atom is -0.756 e. The van der Waals surface area contributed by atoms with E-state index in [2.05, 4.69) is 55.6 Å². The predicted molar refractivity (Wildman–Crippen MR) is 293 cm³/mol. The maximum absolute atomic E-state index is 12.9. The molecule has 1 amide bonds. The van der Waals surface area contributed by atoms with E-state index >= 15 is 0 Å². The van der Waals surface area contributed by atoms with Gasteiger partial charge < -0.3 is 28.8 Å². The van der Waals surface area contributed by atoms with Crippen LogP contribution in [-0.4, -0.2) is 68.5 Å². The van der Waals surface area contributed by atoms with E-state index in [1.54, 1.807) is 6.08 Å². The Balaban J connectivity index is 4.21. The minimum atomic E-state index is -4.60. The predicted octanol–water partition coefficient (Wildman–Crippen LogP) is 16.9. The van der Waals surface area contributed by atoms with E-state index in [-0.39, 0.29) is 19.1 Å². The summed E-state index contributed by atoms with van der Waals surface area (Å²) < 4.78 is 23.3. The van der Waals surface area contributed by atoms with E-state index in [0.717, 1.165) is 64.2 Å². The van der Waals surface area contributed by atoms with Crippen LogP contribution in [0, 0.1) is 0 Å². The summed E-state index contributed by atoms with van der Waals surface area (Å²) in [6.45, 7) is 4.64. The smallest absolute Gasteiger partial charge is 0.268 e. The summed E-state index contributed by atoms with van der Waals surface area (Å²) in [4.78, 5) is 25.5. The Morgan fingerprint density at radius 3 is 1.26 bits per heavy atom. The summed E-state index contributed by atoms with van der Waals surface area (Å²) in [7, 11) is 1.25. The summed E-state index contributed by atoms with van der Waals surface area (Å²) in [5, 5.41) is 13.9. The van der Waals surface area contributed by atoms with Gasteiger partial charge in [0.15, 0.2) is 0 Å². The zero-order chi connectivity index (χ0) is 49.9. The zero-order valence-corrected chi connectivity index (χ0v) is 46.5. The van der Waals surface area contributed by atoms with Crippen LogP contribution < -0.4 is 10.2 Å². The Morgan fingerprint density at radius 2 is 0.853 bits per heavy atom. The Morgan fingerprint density at radius 1 is 0.515 bits per heavy atom. The fraction of sp³-hybridized carbons (Fsp3) is 0.847. The lowest BCUT2D eigenvalue weighted by Crippen LogP contribution is -2.45. The number of hydrogen-bond acceptors (Lipinski definition) is 6. The van der Waals surface area contributed by atoms with Gasteiger partial charge in [0.05, 0.1) is 39.9 Å². The van der Waals surface area contributed by atoms with Crippen LogP contribution in [0.25, 0.3) is 0 Å². The van der Waals surface area contributed by atoms with Gasteiger partial charge in [-0.2, -0.15) is 0 Å². The Kier molecular flexibility index (Phi) is 49.3. The van der Waals surface area contributed by atoms with Crippen molar-refractivity contribution in [3.05, 3.63) is 48.6 Å². The van der Waals surface area contributed by atoms with Gasteiger partial charge in [-0.3, -0.25) is 9.36 Å². The van der Waals surface area contributed by atoms with Crippen molar-refractivity contribution in [3.8, 4) is 0 Å². The number of amides is 1. The maximum Gasteiger partial charge on any atom is 0.268 e. The number of allylic oxidation sites excluding steroid dienone is 7. The molecule has 0 heterocycles. The third kappa shape index (κ3) is 52.3. The van der Waals surface area contributed by atoms with Gasteiger partial charge in [-0.25, -0.2) is 0 Å². The standard InChI is InChI=1S/C59H113N2O6P/c1-6-8-10-12-14-16-18-20-22-24-26-27-28-29-30-31-32-33-35-36-38-40-42-44-46-48-50-52-58(62)57(56-67-68(64,65)66-55-54-61(3,4)5)60-59(63)53-51-49-47-45-43-41-39-37-34-25-23-21-19-17-15-13-11-9-7-2/h15,17,21,23,34,37,50,52,57-58,62H,6-14,16,18-20,22,24-33,35-36,38-49,51,53-56H2,1-5H3,(H-,60,63,64,65)/b17-15-,23-21-,37-34-,52-50+. The fourth-order valence-corrected chi connectivity index (χ4v) is 9.18. The van der Waals surface area contributed by atoms with Gasteiger partial charge >= 0.3 is 0 Å². The molecule has 0 aliphatic rings. The number of nitrogens with zero attached hydrogens (tertiary/aromatic N) is 1. The van der Waals surface area contributed by atoms with Crippen molar-refractivity contribution in [3.63, 3.8) is 0 Å². The summed E-state index contributed by atoms with van der Waals surface area (Å²) >= 11 is 0. The second-order valence-corrected chi connectivity index (χ2v) is 22.4. The molecule has 0 aromatic carbocycles. The molecule has 0 aliphatic heterocycles. The van der Waals surface area contributed by atoms with E-state index in [4.69, 9.17) is 9.05 Å². The zero-order valence-electron chi connectivity index (χ0n) is 45.6. The lowest BCUT2D eigenvalue weighted by atomic mass is 10.0. The Labute approximate surface area is 422 Å². The Bertz CT molecular complexity index is 1250. The molecule has 0 radical (unpaired) electrons. The number of phosphoric ester groups is 1. The van der Waals surface area contributed by atoms with Crippen LogP contribution in [0.3, 0.4) is 0 Å². The van der Waals surface area contributed by atoms with Crippen LogP contribution in [0.5, 0.6) is 0 Å². The summed E-state index contributed by atoms with van der Waals surface area (Å²) in [5.41, 5.74) is 0. The van der Waals surface area contributed by atoms with Gasteiger partial charge in [-0.1, -0.05) is 255 Å². The number of hydrogen-bond donors (Lipinski definition) is 2. The molecule has 400 valence electrons. The number of nitrogens with one attached hydrogen (secondary N) is 1. The van der Waals surface area contributed by atoms with Crippen molar-refractivity contribution in [1.82, 2.24) is 5.32 Å². The third-order valence-corrected chi connectivity index (χ3v) is 14.0. The largest absolute Gasteiger partial charge is 0.756 e. The fourth-order valence-electron chi connectivity index (χ4n) is 8.46. The molecule has 0 aromatic rings. The first-order valence-electron chi connectivity index (χ1n) is 29.0. The van der Waals surface area contributed by atoms with Crippen molar-refractivity contribution in [2.75, 3.05) is 40.9 Å². The number of quaternary nitrogens is 1. The lowest BCUT2D eigenvalue weighted by molar-refractivity contribution is -0.870. The number of phosphoric acid groups is 1. The number of unbranched alkanes of at least 4 members (excludes halogenated alkanes) is 34. The molecule has 8 nitrogen and oxygen atoms in total. The van der Waals surface area contributed by atoms with Gasteiger partial charge in [0.1, 0.15) is 13.2 Å². The average Bonchev–Trinajstić information content (AvgIpc) is 3.30. The summed E-state index contributed by atoms with van der Waals surface area (Å²) in [6, 6.07) is -0.896. The quantitative estimate of drug-likeness (QED) is 0.0272. The molecule has 68 heavy (non-hydrogen) atoms. The number of aliphatic hydroxyl groups is 1. The van der Waals surface area contributed by atoms with Crippen molar-refractivity contribution in [2.24, 2.45) is 0 Å². The Hall–Kier alpha value is -1.54. The first-order valence-corrected chi connectivity index (χ1v) is 30.5. The van der Waals surface area contributed by atoms with Crippen molar-refractivity contribution in [1.29, 1.82) is 0 Å². The van der Waals surface area contributed by atoms with Crippen LogP contribution in [0.15, 0.2) is 48.6 Å². The van der Waals surface area contributed by atoms with Crippen LogP contribution in [0.1, 0.15) is 271 Å². The number of carbonyl (C=O) groups is 1. The normalized spacial score (nSPS) is 14.3. The monoisotopic (exact) mass is 977 g/mol. The van der Waals surface area contributed by atoms with Crippen LogP contribution in [-0.2, 0) is 18.4 Å².